The smallest absolute Gasteiger partial charge is 0.119 e. The average Bonchev–Trinajstić information content (AvgIpc) is 2.46. The third-order valence-corrected chi connectivity index (χ3v) is 3.57. The van der Waals surface area contributed by atoms with Gasteiger partial charge >= 0.3 is 0 Å². The fraction of sp³-hybridized carbons (Fsp3) is 0.600. The maximum Gasteiger partial charge on any atom is 0.119 e. The zero-order valence-corrected chi connectivity index (χ0v) is 12.1. The maximum absolute atomic E-state index is 5.25. The van der Waals surface area contributed by atoms with Crippen LogP contribution >= 0.6 is 0 Å². The minimum Gasteiger partial charge on any atom is -0.497 e. The molecule has 0 aromatic heterocycles. The highest BCUT2D eigenvalue weighted by molar-refractivity contribution is 5.28. The lowest BCUT2D eigenvalue weighted by atomic mass is 10.1. The molecule has 0 bridgehead atoms. The van der Waals surface area contributed by atoms with Crippen molar-refractivity contribution in [1.29, 1.82) is 0 Å². The molecule has 2 rings (SSSR count). The van der Waals surface area contributed by atoms with Gasteiger partial charge in [0.05, 0.1) is 13.8 Å². The zero-order valence-electron chi connectivity index (χ0n) is 12.1. The van der Waals surface area contributed by atoms with E-state index in [4.69, 9.17) is 4.74 Å². The van der Waals surface area contributed by atoms with Crippen LogP contribution in [0.4, 0.5) is 0 Å². The highest BCUT2D eigenvalue weighted by atomic mass is 16.5. The van der Waals surface area contributed by atoms with Crippen molar-refractivity contribution in [1.82, 2.24) is 15.1 Å². The van der Waals surface area contributed by atoms with E-state index in [1.165, 1.54) is 5.56 Å². The van der Waals surface area contributed by atoms with E-state index in [1.807, 2.05) is 6.07 Å². The molecule has 1 saturated heterocycles. The third-order valence-electron chi connectivity index (χ3n) is 3.57. The largest absolute Gasteiger partial charge is 0.497 e. The Morgan fingerprint density at radius 1 is 1.32 bits per heavy atom. The van der Waals surface area contributed by atoms with Gasteiger partial charge in [-0.1, -0.05) is 12.1 Å². The van der Waals surface area contributed by atoms with Gasteiger partial charge in [-0.2, -0.15) is 0 Å². The number of methoxy groups -OCH3 is 1. The number of nitrogens with one attached hydrogen (secondary N) is 1. The van der Waals surface area contributed by atoms with E-state index in [0.29, 0.717) is 0 Å². The van der Waals surface area contributed by atoms with Gasteiger partial charge in [0.2, 0.25) is 0 Å². The number of hydrogen-bond acceptors (Lipinski definition) is 4. The van der Waals surface area contributed by atoms with Crippen molar-refractivity contribution in [2.24, 2.45) is 0 Å². The summed E-state index contributed by atoms with van der Waals surface area (Å²) >= 11 is 0. The summed E-state index contributed by atoms with van der Waals surface area (Å²) in [4.78, 5) is 4.90. The van der Waals surface area contributed by atoms with Crippen LogP contribution in [-0.4, -0.2) is 63.3 Å². The van der Waals surface area contributed by atoms with E-state index in [1.54, 1.807) is 7.11 Å². The topological polar surface area (TPSA) is 27.7 Å². The first-order valence-corrected chi connectivity index (χ1v) is 7.02. The fourth-order valence-corrected chi connectivity index (χ4v) is 2.41. The second kappa shape index (κ2) is 7.48. The molecular formula is C15H25N3O. The average molecular weight is 263 g/mol. The van der Waals surface area contributed by atoms with E-state index in [0.717, 1.165) is 51.6 Å². The quantitative estimate of drug-likeness (QED) is 0.830. The van der Waals surface area contributed by atoms with Crippen molar-refractivity contribution >= 4 is 0 Å². The monoisotopic (exact) mass is 263 g/mol. The number of ether oxygens (including phenoxy) is 1. The number of benzene rings is 1. The minimum absolute atomic E-state index is 0.947. The van der Waals surface area contributed by atoms with Crippen molar-refractivity contribution in [2.75, 3.05) is 53.5 Å². The minimum atomic E-state index is 0.947. The van der Waals surface area contributed by atoms with Crippen LogP contribution in [0.25, 0.3) is 0 Å². The summed E-state index contributed by atoms with van der Waals surface area (Å²) in [5.41, 5.74) is 1.34. The van der Waals surface area contributed by atoms with Gasteiger partial charge in [0.15, 0.2) is 0 Å². The highest BCUT2D eigenvalue weighted by Crippen LogP contribution is 2.13. The van der Waals surface area contributed by atoms with Crippen LogP contribution in [0.1, 0.15) is 5.56 Å². The van der Waals surface area contributed by atoms with E-state index in [9.17, 15) is 0 Å². The summed E-state index contributed by atoms with van der Waals surface area (Å²) in [5, 5.41) is 3.38. The summed E-state index contributed by atoms with van der Waals surface area (Å²) < 4.78 is 5.25. The van der Waals surface area contributed by atoms with Crippen LogP contribution in [0, 0.1) is 0 Å². The first-order chi connectivity index (χ1) is 9.28. The first-order valence-electron chi connectivity index (χ1n) is 7.02. The summed E-state index contributed by atoms with van der Waals surface area (Å²) in [6.07, 6.45) is 1.07. The predicted octanol–water partition coefficient (Wildman–Crippen LogP) is 1.03. The van der Waals surface area contributed by atoms with Crippen LogP contribution in [0.5, 0.6) is 5.75 Å². The van der Waals surface area contributed by atoms with Gasteiger partial charge in [-0.25, -0.2) is 0 Å². The molecule has 1 aliphatic rings. The second-order valence-corrected chi connectivity index (χ2v) is 5.19. The van der Waals surface area contributed by atoms with Crippen LogP contribution in [-0.2, 0) is 6.42 Å². The predicted molar refractivity (Wildman–Crippen MR) is 78.6 cm³/mol. The van der Waals surface area contributed by atoms with Crippen LogP contribution < -0.4 is 10.1 Å². The van der Waals surface area contributed by atoms with Crippen molar-refractivity contribution < 1.29 is 4.74 Å². The molecule has 0 aliphatic carbocycles. The summed E-state index contributed by atoms with van der Waals surface area (Å²) in [7, 11) is 3.91. The lowest BCUT2D eigenvalue weighted by Gasteiger charge is -2.31. The van der Waals surface area contributed by atoms with Gasteiger partial charge in [0.25, 0.3) is 0 Å². The Balaban J connectivity index is 1.74. The van der Waals surface area contributed by atoms with E-state index in [-0.39, 0.29) is 0 Å². The zero-order chi connectivity index (χ0) is 13.5. The van der Waals surface area contributed by atoms with Gasteiger partial charge in [0.1, 0.15) is 5.75 Å². The molecule has 0 amide bonds. The van der Waals surface area contributed by atoms with Gasteiger partial charge in [0, 0.05) is 32.7 Å². The Kier molecular flexibility index (Phi) is 5.63. The molecule has 0 unspecified atom stereocenters. The standard InChI is InChI=1S/C15H25N3O/c1-17(13-18-10-7-16-8-11-18)9-6-14-4-3-5-15(12-14)19-2/h3-5,12,16H,6-11,13H2,1-2H3. The molecule has 4 nitrogen and oxygen atoms in total. The van der Waals surface area contributed by atoms with E-state index in [2.05, 4.69) is 40.4 Å². The summed E-state index contributed by atoms with van der Waals surface area (Å²) in [6, 6.07) is 8.35. The highest BCUT2D eigenvalue weighted by Gasteiger charge is 2.11. The Bertz CT molecular complexity index is 377. The van der Waals surface area contributed by atoms with Crippen molar-refractivity contribution in [3.05, 3.63) is 29.8 Å². The molecule has 0 saturated carbocycles. The number of likely N-dealkylation sites (N-methyl/N-ethyl adjacent to an activating group) is 1. The molecule has 1 N–H and O–H groups in total. The first kappa shape index (κ1) is 14.3. The number of nitrogens with zero attached hydrogens (tertiary/aromatic N) is 2. The molecule has 19 heavy (non-hydrogen) atoms. The van der Waals surface area contributed by atoms with Crippen molar-refractivity contribution in [3.63, 3.8) is 0 Å². The number of hydrogen-bond donors (Lipinski definition) is 1. The Morgan fingerprint density at radius 3 is 2.84 bits per heavy atom. The third kappa shape index (κ3) is 4.82. The molecule has 1 aliphatic heterocycles. The second-order valence-electron chi connectivity index (χ2n) is 5.19. The normalized spacial score (nSPS) is 16.8. The molecule has 1 aromatic rings. The molecule has 0 radical (unpaired) electrons. The van der Waals surface area contributed by atoms with Crippen molar-refractivity contribution in [2.45, 2.75) is 6.42 Å². The Labute approximate surface area is 116 Å². The summed E-state index contributed by atoms with van der Waals surface area (Å²) in [6.45, 7) is 6.68. The molecule has 0 spiro atoms. The molecule has 1 fully saturated rings. The van der Waals surface area contributed by atoms with E-state index < -0.39 is 0 Å². The van der Waals surface area contributed by atoms with E-state index >= 15 is 0 Å². The molecule has 4 heteroatoms. The molecule has 1 heterocycles. The lowest BCUT2D eigenvalue weighted by molar-refractivity contribution is 0.140. The molecule has 1 aromatic carbocycles. The molecular weight excluding hydrogens is 238 g/mol. The SMILES string of the molecule is COc1cccc(CCN(C)CN2CCNCC2)c1. The van der Waals surface area contributed by atoms with Gasteiger partial charge in [-0.3, -0.25) is 9.80 Å². The Hall–Kier alpha value is -1.10. The lowest BCUT2D eigenvalue weighted by Crippen LogP contribution is -2.47. The fourth-order valence-electron chi connectivity index (χ4n) is 2.41. The number of piperazine rings is 1. The van der Waals surface area contributed by atoms with Gasteiger partial charge < -0.3 is 10.1 Å². The maximum atomic E-state index is 5.25. The van der Waals surface area contributed by atoms with Crippen LogP contribution in [0.15, 0.2) is 24.3 Å². The van der Waals surface area contributed by atoms with Crippen LogP contribution in [0.3, 0.4) is 0 Å². The Morgan fingerprint density at radius 2 is 2.11 bits per heavy atom. The van der Waals surface area contributed by atoms with Gasteiger partial charge in [-0.05, 0) is 31.2 Å². The van der Waals surface area contributed by atoms with Crippen molar-refractivity contribution in [3.8, 4) is 5.75 Å². The number of rotatable bonds is 6. The van der Waals surface area contributed by atoms with Crippen LogP contribution in [0.2, 0.25) is 0 Å². The molecule has 0 atom stereocenters. The van der Waals surface area contributed by atoms with Gasteiger partial charge in [-0.15, -0.1) is 0 Å². The summed E-state index contributed by atoms with van der Waals surface area (Å²) in [5.74, 6) is 0.947. The molecule has 106 valence electrons.